The third kappa shape index (κ3) is 4.33. The van der Waals surface area contributed by atoms with E-state index in [2.05, 4.69) is 11.8 Å². The van der Waals surface area contributed by atoms with Gasteiger partial charge >= 0.3 is 0 Å². The third-order valence-corrected chi connectivity index (χ3v) is 5.31. The van der Waals surface area contributed by atoms with Gasteiger partial charge in [0.05, 0.1) is 25.5 Å². The van der Waals surface area contributed by atoms with Gasteiger partial charge in [-0.25, -0.2) is 9.07 Å². The monoisotopic (exact) mass is 395 g/mol. The standard InChI is InChI=1S/C23H26FN3O2/c1-3-19-16-26(11-12-29-19)14-17-15-27(18-7-5-4-6-8-18)25-23(17)21-10-9-20(28-2)13-22(21)24/h4-10,13,15,19H,3,11-12,14,16H2,1-2H3. The molecule has 1 atom stereocenters. The van der Waals surface area contributed by atoms with Crippen LogP contribution in [0.2, 0.25) is 0 Å². The highest BCUT2D eigenvalue weighted by molar-refractivity contribution is 5.65. The Morgan fingerprint density at radius 1 is 1.21 bits per heavy atom. The minimum Gasteiger partial charge on any atom is -0.497 e. The molecule has 5 nitrogen and oxygen atoms in total. The van der Waals surface area contributed by atoms with Crippen LogP contribution >= 0.6 is 0 Å². The quantitative estimate of drug-likeness (QED) is 0.624. The first kappa shape index (κ1) is 19.6. The Bertz CT molecular complexity index is 958. The molecule has 4 rings (SSSR count). The van der Waals surface area contributed by atoms with Crippen LogP contribution in [0.3, 0.4) is 0 Å². The zero-order valence-corrected chi connectivity index (χ0v) is 16.8. The highest BCUT2D eigenvalue weighted by Gasteiger charge is 2.23. The van der Waals surface area contributed by atoms with Crippen LogP contribution in [0.5, 0.6) is 5.75 Å². The van der Waals surface area contributed by atoms with Crippen molar-refractivity contribution in [3.05, 3.63) is 66.1 Å². The largest absolute Gasteiger partial charge is 0.497 e. The lowest BCUT2D eigenvalue weighted by Gasteiger charge is -2.32. The summed E-state index contributed by atoms with van der Waals surface area (Å²) in [5.41, 5.74) is 3.08. The summed E-state index contributed by atoms with van der Waals surface area (Å²) < 4.78 is 27.6. The Morgan fingerprint density at radius 3 is 2.76 bits per heavy atom. The number of benzene rings is 2. The number of methoxy groups -OCH3 is 1. The van der Waals surface area contributed by atoms with Crippen molar-refractivity contribution in [1.82, 2.24) is 14.7 Å². The lowest BCUT2D eigenvalue weighted by Crippen LogP contribution is -2.41. The normalized spacial score (nSPS) is 17.4. The molecule has 6 heteroatoms. The summed E-state index contributed by atoms with van der Waals surface area (Å²) in [6.07, 6.45) is 3.24. The molecule has 0 radical (unpaired) electrons. The number of para-hydroxylation sites is 1. The average molecular weight is 395 g/mol. The molecule has 1 fully saturated rings. The average Bonchev–Trinajstić information content (AvgIpc) is 3.17. The second kappa shape index (κ2) is 8.76. The predicted molar refractivity (Wildman–Crippen MR) is 111 cm³/mol. The van der Waals surface area contributed by atoms with E-state index in [0.717, 1.165) is 37.4 Å². The summed E-state index contributed by atoms with van der Waals surface area (Å²) in [7, 11) is 1.53. The maximum absolute atomic E-state index is 14.8. The summed E-state index contributed by atoms with van der Waals surface area (Å²) in [5, 5.41) is 4.75. The lowest BCUT2D eigenvalue weighted by molar-refractivity contribution is -0.0324. The zero-order chi connectivity index (χ0) is 20.2. The molecule has 1 unspecified atom stereocenters. The van der Waals surface area contributed by atoms with Gasteiger partial charge in [0, 0.05) is 43.0 Å². The fourth-order valence-electron chi connectivity index (χ4n) is 3.69. The maximum atomic E-state index is 14.8. The molecular weight excluding hydrogens is 369 g/mol. The van der Waals surface area contributed by atoms with Crippen molar-refractivity contribution in [2.45, 2.75) is 26.0 Å². The summed E-state index contributed by atoms with van der Waals surface area (Å²) in [6.45, 7) is 5.29. The molecule has 1 saturated heterocycles. The summed E-state index contributed by atoms with van der Waals surface area (Å²) >= 11 is 0. The van der Waals surface area contributed by atoms with Crippen LogP contribution in [-0.2, 0) is 11.3 Å². The molecule has 0 spiro atoms. The topological polar surface area (TPSA) is 39.5 Å². The van der Waals surface area contributed by atoms with Gasteiger partial charge in [-0.2, -0.15) is 5.10 Å². The molecule has 0 saturated carbocycles. The van der Waals surface area contributed by atoms with Crippen molar-refractivity contribution >= 4 is 0 Å². The van der Waals surface area contributed by atoms with Gasteiger partial charge in [0.25, 0.3) is 0 Å². The fourth-order valence-corrected chi connectivity index (χ4v) is 3.69. The van der Waals surface area contributed by atoms with E-state index in [4.69, 9.17) is 14.6 Å². The summed E-state index contributed by atoms with van der Waals surface area (Å²) in [5.74, 6) is 0.159. The van der Waals surface area contributed by atoms with Gasteiger partial charge in [-0.15, -0.1) is 0 Å². The molecule has 0 N–H and O–H groups in total. The Kier molecular flexibility index (Phi) is 5.92. The minimum atomic E-state index is -0.336. The van der Waals surface area contributed by atoms with E-state index < -0.39 is 0 Å². The van der Waals surface area contributed by atoms with Gasteiger partial charge < -0.3 is 9.47 Å². The van der Waals surface area contributed by atoms with Gasteiger partial charge in [0.2, 0.25) is 0 Å². The maximum Gasteiger partial charge on any atom is 0.136 e. The Balaban J connectivity index is 1.71. The number of ether oxygens (including phenoxy) is 2. The van der Waals surface area contributed by atoms with Crippen molar-refractivity contribution in [2.24, 2.45) is 0 Å². The smallest absolute Gasteiger partial charge is 0.136 e. The summed E-state index contributed by atoms with van der Waals surface area (Å²) in [6, 6.07) is 14.8. The Labute approximate surface area is 170 Å². The second-order valence-electron chi connectivity index (χ2n) is 7.27. The SMILES string of the molecule is CCC1CN(Cc2cn(-c3ccccc3)nc2-c2ccc(OC)cc2F)CCO1. The van der Waals surface area contributed by atoms with Crippen LogP contribution in [0.25, 0.3) is 16.9 Å². The molecule has 3 aromatic rings. The van der Waals surface area contributed by atoms with Crippen molar-refractivity contribution < 1.29 is 13.9 Å². The van der Waals surface area contributed by atoms with E-state index in [1.807, 2.05) is 41.2 Å². The van der Waals surface area contributed by atoms with Gasteiger partial charge in [-0.3, -0.25) is 4.90 Å². The molecule has 29 heavy (non-hydrogen) atoms. The number of hydrogen-bond acceptors (Lipinski definition) is 4. The number of rotatable bonds is 6. The van der Waals surface area contributed by atoms with Gasteiger partial charge in [0.1, 0.15) is 17.3 Å². The van der Waals surface area contributed by atoms with Crippen molar-refractivity contribution in [3.8, 4) is 22.7 Å². The van der Waals surface area contributed by atoms with E-state index in [-0.39, 0.29) is 11.9 Å². The zero-order valence-electron chi connectivity index (χ0n) is 16.8. The molecule has 0 amide bonds. The predicted octanol–water partition coefficient (Wildman–Crippen LogP) is 4.30. The Hall–Kier alpha value is -2.70. The molecular formula is C23H26FN3O2. The summed E-state index contributed by atoms with van der Waals surface area (Å²) in [4.78, 5) is 2.36. The van der Waals surface area contributed by atoms with E-state index in [9.17, 15) is 4.39 Å². The van der Waals surface area contributed by atoms with Gasteiger partial charge in [-0.05, 0) is 30.7 Å². The first-order chi connectivity index (χ1) is 14.2. The Morgan fingerprint density at radius 2 is 2.03 bits per heavy atom. The number of nitrogens with zero attached hydrogens (tertiary/aromatic N) is 3. The first-order valence-corrected chi connectivity index (χ1v) is 9.99. The third-order valence-electron chi connectivity index (χ3n) is 5.31. The highest BCUT2D eigenvalue weighted by Crippen LogP contribution is 2.30. The minimum absolute atomic E-state index is 0.245. The lowest BCUT2D eigenvalue weighted by atomic mass is 10.1. The van der Waals surface area contributed by atoms with Crippen LogP contribution in [0.4, 0.5) is 4.39 Å². The van der Waals surface area contributed by atoms with Gasteiger partial charge in [-0.1, -0.05) is 25.1 Å². The molecule has 2 aromatic carbocycles. The first-order valence-electron chi connectivity index (χ1n) is 9.99. The molecule has 1 aromatic heterocycles. The molecule has 1 aliphatic heterocycles. The fraction of sp³-hybridized carbons (Fsp3) is 0.348. The number of hydrogen-bond donors (Lipinski definition) is 0. The molecule has 0 bridgehead atoms. The highest BCUT2D eigenvalue weighted by atomic mass is 19.1. The van der Waals surface area contributed by atoms with Crippen LogP contribution in [0.15, 0.2) is 54.7 Å². The van der Waals surface area contributed by atoms with Crippen molar-refractivity contribution in [1.29, 1.82) is 0 Å². The molecule has 0 aliphatic carbocycles. The van der Waals surface area contributed by atoms with E-state index >= 15 is 0 Å². The van der Waals surface area contributed by atoms with Crippen molar-refractivity contribution in [3.63, 3.8) is 0 Å². The van der Waals surface area contributed by atoms with Crippen LogP contribution < -0.4 is 4.74 Å². The number of morpholine rings is 1. The van der Waals surface area contributed by atoms with Crippen LogP contribution in [0.1, 0.15) is 18.9 Å². The van der Waals surface area contributed by atoms with E-state index in [1.165, 1.54) is 13.2 Å². The molecule has 152 valence electrons. The second-order valence-corrected chi connectivity index (χ2v) is 7.27. The molecule has 1 aliphatic rings. The van der Waals surface area contributed by atoms with Crippen LogP contribution in [-0.4, -0.2) is 47.6 Å². The molecule has 2 heterocycles. The van der Waals surface area contributed by atoms with Crippen LogP contribution in [0, 0.1) is 5.82 Å². The number of aromatic nitrogens is 2. The van der Waals surface area contributed by atoms with E-state index in [0.29, 0.717) is 23.6 Å². The van der Waals surface area contributed by atoms with Gasteiger partial charge in [0.15, 0.2) is 0 Å². The number of halogens is 1. The van der Waals surface area contributed by atoms with E-state index in [1.54, 1.807) is 12.1 Å². The van der Waals surface area contributed by atoms with Crippen molar-refractivity contribution in [2.75, 3.05) is 26.8 Å².